The zero-order chi connectivity index (χ0) is 15.9. The highest BCUT2D eigenvalue weighted by molar-refractivity contribution is 7.99. The van der Waals surface area contributed by atoms with Crippen molar-refractivity contribution >= 4 is 81.4 Å². The fourth-order valence-electron chi connectivity index (χ4n) is 1.42. The molecule has 21 heavy (non-hydrogen) atoms. The van der Waals surface area contributed by atoms with Crippen molar-refractivity contribution in [1.82, 2.24) is 0 Å². The Labute approximate surface area is 154 Å². The van der Waals surface area contributed by atoms with Crippen molar-refractivity contribution in [2.24, 2.45) is 0 Å². The van der Waals surface area contributed by atoms with Crippen LogP contribution < -0.4 is 0 Å². The maximum Gasteiger partial charge on any atom is 0.149 e. The number of phenols is 2. The molecule has 0 aromatic heterocycles. The Morgan fingerprint density at radius 2 is 0.952 bits per heavy atom. The van der Waals surface area contributed by atoms with Gasteiger partial charge in [-0.15, -0.1) is 0 Å². The highest BCUT2D eigenvalue weighted by Gasteiger charge is 2.21. The van der Waals surface area contributed by atoms with Gasteiger partial charge in [0.2, 0.25) is 0 Å². The van der Waals surface area contributed by atoms with Crippen LogP contribution in [-0.4, -0.2) is 10.2 Å². The fourth-order valence-corrected chi connectivity index (χ4v) is 4.10. The Hall–Kier alpha value is 0.130. The van der Waals surface area contributed by atoms with Crippen LogP contribution in [0.25, 0.3) is 0 Å². The molecule has 2 nitrogen and oxygen atoms in total. The molecule has 9 heteroatoms. The van der Waals surface area contributed by atoms with E-state index in [1.165, 1.54) is 12.1 Å². The summed E-state index contributed by atoms with van der Waals surface area (Å²) >= 11 is 36.4. The summed E-state index contributed by atoms with van der Waals surface area (Å²) in [5.41, 5.74) is 0. The zero-order valence-electron chi connectivity index (χ0n) is 9.73. The van der Waals surface area contributed by atoms with Crippen molar-refractivity contribution in [3.63, 3.8) is 0 Å². The summed E-state index contributed by atoms with van der Waals surface area (Å²) in [5.74, 6) is -0.578. The predicted molar refractivity (Wildman–Crippen MR) is 90.4 cm³/mol. The van der Waals surface area contributed by atoms with Gasteiger partial charge in [-0.2, -0.15) is 0 Å². The third kappa shape index (κ3) is 3.40. The molecule has 2 aromatic carbocycles. The summed E-state index contributed by atoms with van der Waals surface area (Å²) in [6, 6.07) is 2.61. The molecule has 0 spiro atoms. The molecule has 0 saturated carbocycles. The van der Waals surface area contributed by atoms with E-state index in [0.717, 1.165) is 11.8 Å². The smallest absolute Gasteiger partial charge is 0.149 e. The van der Waals surface area contributed by atoms with E-state index in [1.54, 1.807) is 0 Å². The first kappa shape index (κ1) is 17.5. The Kier molecular flexibility index (Phi) is 5.59. The second-order valence-corrected chi connectivity index (χ2v) is 7.17. The first-order chi connectivity index (χ1) is 9.73. The average molecular weight is 425 g/mol. The molecule has 0 aliphatic carbocycles. The lowest BCUT2D eigenvalue weighted by molar-refractivity contribution is 0.460. The van der Waals surface area contributed by atoms with Gasteiger partial charge in [0.15, 0.2) is 0 Å². The molecule has 0 saturated heterocycles. The molecule has 0 aliphatic heterocycles. The Morgan fingerprint density at radius 3 is 1.29 bits per heavy atom. The molecule has 112 valence electrons. The average Bonchev–Trinajstić information content (AvgIpc) is 2.42. The number of rotatable bonds is 2. The van der Waals surface area contributed by atoms with E-state index in [9.17, 15) is 10.2 Å². The second kappa shape index (κ2) is 6.71. The van der Waals surface area contributed by atoms with Gasteiger partial charge in [-0.05, 0) is 12.1 Å². The molecule has 0 aliphatic rings. The first-order valence-electron chi connectivity index (χ1n) is 5.14. The van der Waals surface area contributed by atoms with Gasteiger partial charge >= 0.3 is 0 Å². The van der Waals surface area contributed by atoms with Crippen LogP contribution in [0.3, 0.4) is 0 Å². The maximum atomic E-state index is 10.00. The topological polar surface area (TPSA) is 40.5 Å². The van der Waals surface area contributed by atoms with Crippen LogP contribution in [0.2, 0.25) is 30.1 Å². The number of benzene rings is 2. The standard InChI is InChI=1S/C12H4Cl6O2S/c13-3-1-5(15)9(19)11(7(3)17)21-12-8(18)4(14)2-6(16)10(12)20/h1-2,19-20H. The summed E-state index contributed by atoms with van der Waals surface area (Å²) in [6.45, 7) is 0. The molecule has 0 bridgehead atoms. The van der Waals surface area contributed by atoms with E-state index in [4.69, 9.17) is 69.6 Å². The molecule has 2 rings (SSSR count). The Morgan fingerprint density at radius 1 is 0.619 bits per heavy atom. The number of halogens is 6. The maximum absolute atomic E-state index is 10.00. The van der Waals surface area contributed by atoms with Crippen molar-refractivity contribution in [3.05, 3.63) is 42.3 Å². The largest absolute Gasteiger partial charge is 0.505 e. The van der Waals surface area contributed by atoms with E-state index >= 15 is 0 Å². The Bertz CT molecular complexity index is 621. The molecular weight excluding hydrogens is 421 g/mol. The molecule has 0 heterocycles. The van der Waals surface area contributed by atoms with Gasteiger partial charge in [0.1, 0.15) is 11.5 Å². The number of aromatic hydroxyl groups is 2. The van der Waals surface area contributed by atoms with Crippen molar-refractivity contribution in [2.75, 3.05) is 0 Å². The summed E-state index contributed by atoms with van der Waals surface area (Å²) < 4.78 is 0. The monoisotopic (exact) mass is 422 g/mol. The molecule has 2 N–H and O–H groups in total. The minimum absolute atomic E-state index is 0.00985. The number of hydrogen-bond acceptors (Lipinski definition) is 3. The molecule has 0 amide bonds. The second-order valence-electron chi connectivity index (χ2n) is 3.77. The van der Waals surface area contributed by atoms with Crippen molar-refractivity contribution in [3.8, 4) is 11.5 Å². The Balaban J connectivity index is 2.64. The van der Waals surface area contributed by atoms with Gasteiger partial charge in [-0.25, -0.2) is 0 Å². The zero-order valence-corrected chi connectivity index (χ0v) is 15.1. The quantitative estimate of drug-likeness (QED) is 0.502. The summed E-state index contributed by atoms with van der Waals surface area (Å²) in [6.07, 6.45) is 0. The fraction of sp³-hybridized carbons (Fsp3) is 0. The third-order valence-corrected chi connectivity index (χ3v) is 5.99. The molecule has 0 radical (unpaired) electrons. The molecule has 0 atom stereocenters. The molecule has 2 aromatic rings. The highest BCUT2D eigenvalue weighted by Crippen LogP contribution is 2.52. The van der Waals surface area contributed by atoms with E-state index in [1.807, 2.05) is 0 Å². The van der Waals surface area contributed by atoms with Crippen LogP contribution in [0.1, 0.15) is 0 Å². The van der Waals surface area contributed by atoms with Crippen LogP contribution >= 0.6 is 81.4 Å². The SMILES string of the molecule is Oc1c(Cl)cc(Cl)c(Cl)c1Sc1c(O)c(Cl)cc(Cl)c1Cl. The molecule has 0 fully saturated rings. The van der Waals surface area contributed by atoms with Crippen molar-refractivity contribution in [2.45, 2.75) is 9.79 Å². The van der Waals surface area contributed by atoms with Gasteiger partial charge in [0.25, 0.3) is 0 Å². The van der Waals surface area contributed by atoms with Gasteiger partial charge in [0.05, 0.1) is 39.9 Å². The van der Waals surface area contributed by atoms with Crippen LogP contribution in [0.5, 0.6) is 11.5 Å². The van der Waals surface area contributed by atoms with Crippen LogP contribution in [0, 0.1) is 0 Å². The van der Waals surface area contributed by atoms with E-state index in [0.29, 0.717) is 0 Å². The summed E-state index contributed by atoms with van der Waals surface area (Å²) in [5, 5.41) is 20.4. The lowest BCUT2D eigenvalue weighted by Crippen LogP contribution is -1.85. The normalized spacial score (nSPS) is 11.0. The van der Waals surface area contributed by atoms with Crippen molar-refractivity contribution in [1.29, 1.82) is 0 Å². The lowest BCUT2D eigenvalue weighted by atomic mass is 10.3. The van der Waals surface area contributed by atoms with Gasteiger partial charge in [-0.1, -0.05) is 81.4 Å². The minimum atomic E-state index is -0.289. The van der Waals surface area contributed by atoms with Gasteiger partial charge in [0, 0.05) is 0 Å². The van der Waals surface area contributed by atoms with Gasteiger partial charge < -0.3 is 10.2 Å². The van der Waals surface area contributed by atoms with E-state index in [2.05, 4.69) is 0 Å². The number of hydrogen-bond donors (Lipinski definition) is 2. The van der Waals surface area contributed by atoms with Crippen LogP contribution in [0.15, 0.2) is 21.9 Å². The summed E-state index contributed by atoms with van der Waals surface area (Å²) in [4.78, 5) is 0.259. The highest BCUT2D eigenvalue weighted by atomic mass is 35.5. The van der Waals surface area contributed by atoms with Crippen LogP contribution in [-0.2, 0) is 0 Å². The lowest BCUT2D eigenvalue weighted by Gasteiger charge is -2.13. The minimum Gasteiger partial charge on any atom is -0.505 e. The van der Waals surface area contributed by atoms with E-state index in [-0.39, 0.29) is 51.4 Å². The van der Waals surface area contributed by atoms with Crippen molar-refractivity contribution < 1.29 is 10.2 Å². The molecular formula is C12H4Cl6O2S. The number of phenolic OH excluding ortho intramolecular Hbond substituents is 2. The summed E-state index contributed by atoms with van der Waals surface area (Å²) in [7, 11) is 0. The van der Waals surface area contributed by atoms with E-state index < -0.39 is 0 Å². The molecule has 0 unspecified atom stereocenters. The first-order valence-corrected chi connectivity index (χ1v) is 8.23. The third-order valence-electron chi connectivity index (χ3n) is 2.41. The van der Waals surface area contributed by atoms with Gasteiger partial charge in [-0.3, -0.25) is 0 Å². The predicted octanol–water partition coefficient (Wildman–Crippen LogP) is 7.17. The van der Waals surface area contributed by atoms with Crippen LogP contribution in [0.4, 0.5) is 0 Å².